The molecule has 6 nitrogen and oxygen atoms in total. The summed E-state index contributed by atoms with van der Waals surface area (Å²) in [5.41, 5.74) is 0.565. The van der Waals surface area contributed by atoms with Crippen molar-refractivity contribution in [2.45, 2.75) is 26.3 Å². The molecular formula is C15H21ClN2O4S. The molecule has 0 saturated heterocycles. The Labute approximate surface area is 141 Å². The number of hydrogen-bond acceptors (Lipinski definition) is 4. The minimum atomic E-state index is -3.65. The molecule has 0 aromatic heterocycles. The molecule has 2 amide bonds. The largest absolute Gasteiger partial charge is 0.382 e. The fourth-order valence-electron chi connectivity index (χ4n) is 2.22. The van der Waals surface area contributed by atoms with Gasteiger partial charge in [0.05, 0.1) is 12.8 Å². The van der Waals surface area contributed by atoms with Crippen LogP contribution < -0.4 is 9.50 Å². The van der Waals surface area contributed by atoms with Gasteiger partial charge in [0.25, 0.3) is 0 Å². The summed E-state index contributed by atoms with van der Waals surface area (Å²) in [5.74, 6) is 0.707. The lowest BCUT2D eigenvalue weighted by molar-refractivity contribution is 0.193. The third kappa shape index (κ3) is 5.91. The average Bonchev–Trinajstić information content (AvgIpc) is 3.24. The fraction of sp³-hybridized carbons (Fsp3) is 0.533. The summed E-state index contributed by atoms with van der Waals surface area (Å²) in [6, 6.07) is 4.51. The van der Waals surface area contributed by atoms with Crippen LogP contribution in [0.4, 0.5) is 4.79 Å². The number of amides is 2. The van der Waals surface area contributed by atoms with Gasteiger partial charge in [-0.2, -0.15) is 8.42 Å². The maximum Gasteiger partial charge on any atom is 0.317 e. The molecule has 0 atom stereocenters. The van der Waals surface area contributed by atoms with Gasteiger partial charge in [-0.15, -0.1) is 0 Å². The van der Waals surface area contributed by atoms with Crippen molar-refractivity contribution in [2.75, 3.05) is 19.3 Å². The fourth-order valence-corrected chi connectivity index (χ4v) is 2.90. The standard InChI is InChI=1S/C15H21ClN2O4S/c1-3-17-15(19)18(9-11-4-5-11)10-12-8-13(16)6-7-14(12)22-23(2,20)21/h6-8,11H,3-5,9-10H2,1-2H3,(H,17,19). The van der Waals surface area contributed by atoms with Crippen LogP contribution in [0, 0.1) is 5.92 Å². The Morgan fingerprint density at radius 1 is 1.43 bits per heavy atom. The molecule has 128 valence electrons. The SMILES string of the molecule is CCNC(=O)N(Cc1cc(Cl)ccc1OS(C)(=O)=O)CC1CC1. The zero-order valence-electron chi connectivity index (χ0n) is 13.2. The lowest BCUT2D eigenvalue weighted by Crippen LogP contribution is -2.40. The van der Waals surface area contributed by atoms with E-state index in [9.17, 15) is 13.2 Å². The van der Waals surface area contributed by atoms with E-state index in [4.69, 9.17) is 15.8 Å². The Bertz CT molecular complexity index is 674. The molecule has 1 aliphatic rings. The third-order valence-electron chi connectivity index (χ3n) is 3.42. The van der Waals surface area contributed by atoms with Crippen LogP contribution in [0.25, 0.3) is 0 Å². The lowest BCUT2D eigenvalue weighted by Gasteiger charge is -2.24. The molecule has 0 heterocycles. The Hall–Kier alpha value is -1.47. The molecule has 1 aromatic carbocycles. The molecule has 0 spiro atoms. The quantitative estimate of drug-likeness (QED) is 0.758. The van der Waals surface area contributed by atoms with E-state index in [0.717, 1.165) is 19.1 Å². The molecule has 23 heavy (non-hydrogen) atoms. The molecule has 1 N–H and O–H groups in total. The van der Waals surface area contributed by atoms with Crippen molar-refractivity contribution in [3.05, 3.63) is 28.8 Å². The second kappa shape index (κ2) is 7.40. The van der Waals surface area contributed by atoms with Crippen LogP contribution in [0.2, 0.25) is 5.02 Å². The minimum Gasteiger partial charge on any atom is -0.382 e. The van der Waals surface area contributed by atoms with E-state index in [1.807, 2.05) is 6.92 Å². The third-order valence-corrected chi connectivity index (χ3v) is 4.13. The summed E-state index contributed by atoms with van der Waals surface area (Å²) in [4.78, 5) is 13.9. The maximum atomic E-state index is 12.2. The maximum absolute atomic E-state index is 12.2. The van der Waals surface area contributed by atoms with Gasteiger partial charge in [-0.25, -0.2) is 4.79 Å². The second-order valence-corrected chi connectivity index (χ2v) is 7.71. The van der Waals surface area contributed by atoms with Gasteiger partial charge in [0.1, 0.15) is 5.75 Å². The number of urea groups is 1. The highest BCUT2D eigenvalue weighted by molar-refractivity contribution is 7.86. The highest BCUT2D eigenvalue weighted by Crippen LogP contribution is 2.31. The number of hydrogen-bond donors (Lipinski definition) is 1. The van der Waals surface area contributed by atoms with E-state index < -0.39 is 10.1 Å². The molecule has 0 aliphatic heterocycles. The normalized spacial score (nSPS) is 14.4. The molecular weight excluding hydrogens is 340 g/mol. The van der Waals surface area contributed by atoms with Crippen LogP contribution in [0.15, 0.2) is 18.2 Å². The van der Waals surface area contributed by atoms with Gasteiger partial charge in [0, 0.05) is 23.7 Å². The van der Waals surface area contributed by atoms with Gasteiger partial charge < -0.3 is 14.4 Å². The van der Waals surface area contributed by atoms with Crippen molar-refractivity contribution in [2.24, 2.45) is 5.92 Å². The van der Waals surface area contributed by atoms with Crippen LogP contribution in [0.3, 0.4) is 0 Å². The Balaban J connectivity index is 2.23. The average molecular weight is 361 g/mol. The summed E-state index contributed by atoms with van der Waals surface area (Å²) >= 11 is 6.01. The first-order valence-corrected chi connectivity index (χ1v) is 9.68. The predicted octanol–water partition coefficient (Wildman–Crippen LogP) is 2.62. The van der Waals surface area contributed by atoms with E-state index in [2.05, 4.69) is 5.32 Å². The minimum absolute atomic E-state index is 0.176. The number of nitrogens with one attached hydrogen (secondary N) is 1. The summed E-state index contributed by atoms with van der Waals surface area (Å²) in [5, 5.41) is 3.24. The van der Waals surface area contributed by atoms with Crippen molar-refractivity contribution in [1.82, 2.24) is 10.2 Å². The van der Waals surface area contributed by atoms with Crippen molar-refractivity contribution >= 4 is 27.8 Å². The zero-order chi connectivity index (χ0) is 17.0. The van der Waals surface area contributed by atoms with E-state index in [-0.39, 0.29) is 18.3 Å². The Morgan fingerprint density at radius 2 is 2.13 bits per heavy atom. The molecule has 8 heteroatoms. The van der Waals surface area contributed by atoms with Crippen molar-refractivity contribution in [3.8, 4) is 5.75 Å². The summed E-state index contributed by atoms with van der Waals surface area (Å²) < 4.78 is 27.8. The summed E-state index contributed by atoms with van der Waals surface area (Å²) in [7, 11) is -3.65. The molecule has 1 aromatic rings. The molecule has 0 radical (unpaired) electrons. The van der Waals surface area contributed by atoms with Crippen molar-refractivity contribution in [1.29, 1.82) is 0 Å². The van der Waals surface area contributed by atoms with E-state index in [1.54, 1.807) is 17.0 Å². The number of nitrogens with zero attached hydrogens (tertiary/aromatic N) is 1. The smallest absolute Gasteiger partial charge is 0.317 e. The van der Waals surface area contributed by atoms with Crippen LogP contribution in [0.5, 0.6) is 5.75 Å². The number of rotatable bonds is 7. The first kappa shape index (κ1) is 17.9. The first-order valence-electron chi connectivity index (χ1n) is 7.49. The van der Waals surface area contributed by atoms with Gasteiger partial charge in [-0.05, 0) is 43.9 Å². The van der Waals surface area contributed by atoms with Crippen molar-refractivity contribution in [3.63, 3.8) is 0 Å². The van der Waals surface area contributed by atoms with Crippen molar-refractivity contribution < 1.29 is 17.4 Å². The van der Waals surface area contributed by atoms with E-state index in [1.165, 1.54) is 6.07 Å². The molecule has 1 fully saturated rings. The van der Waals surface area contributed by atoms with Gasteiger partial charge >= 0.3 is 16.1 Å². The number of carbonyl (C=O) groups excluding carboxylic acids is 1. The topological polar surface area (TPSA) is 75.7 Å². The molecule has 0 unspecified atom stereocenters. The van der Waals surface area contributed by atoms with Crippen LogP contribution >= 0.6 is 11.6 Å². The summed E-state index contributed by atoms with van der Waals surface area (Å²) in [6.45, 7) is 3.26. The first-order chi connectivity index (χ1) is 10.8. The van der Waals surface area contributed by atoms with Gasteiger partial charge in [-0.1, -0.05) is 11.6 Å². The predicted molar refractivity (Wildman–Crippen MR) is 89.1 cm³/mol. The Morgan fingerprint density at radius 3 is 2.70 bits per heavy atom. The van der Waals surface area contributed by atoms with Crippen LogP contribution in [-0.2, 0) is 16.7 Å². The number of benzene rings is 1. The lowest BCUT2D eigenvalue weighted by atomic mass is 10.2. The second-order valence-electron chi connectivity index (χ2n) is 5.70. The molecule has 1 saturated carbocycles. The van der Waals surface area contributed by atoms with E-state index in [0.29, 0.717) is 29.6 Å². The van der Waals surface area contributed by atoms with Gasteiger partial charge in [0.2, 0.25) is 0 Å². The highest BCUT2D eigenvalue weighted by Gasteiger charge is 2.27. The molecule has 1 aliphatic carbocycles. The highest BCUT2D eigenvalue weighted by atomic mass is 35.5. The van der Waals surface area contributed by atoms with Gasteiger partial charge in [0.15, 0.2) is 0 Å². The number of halogens is 1. The van der Waals surface area contributed by atoms with Crippen LogP contribution in [-0.4, -0.2) is 38.7 Å². The van der Waals surface area contributed by atoms with Gasteiger partial charge in [-0.3, -0.25) is 0 Å². The summed E-state index contributed by atoms with van der Waals surface area (Å²) in [6.07, 6.45) is 3.20. The van der Waals surface area contributed by atoms with E-state index >= 15 is 0 Å². The molecule has 2 rings (SSSR count). The molecule has 0 bridgehead atoms. The zero-order valence-corrected chi connectivity index (χ0v) is 14.8. The monoisotopic (exact) mass is 360 g/mol. The number of carbonyl (C=O) groups is 1. The Kier molecular flexibility index (Phi) is 5.75. The van der Waals surface area contributed by atoms with Crippen LogP contribution in [0.1, 0.15) is 25.3 Å².